The standard InChI is InChI=1S/C19H25ClN6O/c20-16-4-1-3-15(11-16)12-24-18(27)19(21)6-9-26(10-7-19)17-5-2-8-22-13-23-14-25-17/h1-4,8,11,14,22H,5-7,9-10,12-13,21H2,(H,24,27)/b8-2-,23-14-,25-17+. The molecule has 3 rings (SSSR count). The fourth-order valence-corrected chi connectivity index (χ4v) is 3.37. The van der Waals surface area contributed by atoms with Gasteiger partial charge in [-0.3, -0.25) is 9.79 Å². The van der Waals surface area contributed by atoms with Crippen molar-refractivity contribution in [1.82, 2.24) is 15.5 Å². The van der Waals surface area contributed by atoms with Crippen molar-refractivity contribution in [3.63, 3.8) is 0 Å². The van der Waals surface area contributed by atoms with Gasteiger partial charge in [-0.2, -0.15) is 0 Å². The molecule has 7 nitrogen and oxygen atoms in total. The molecule has 144 valence electrons. The molecular weight excluding hydrogens is 364 g/mol. The Kier molecular flexibility index (Phi) is 6.47. The van der Waals surface area contributed by atoms with E-state index in [1.165, 1.54) is 0 Å². The zero-order valence-electron chi connectivity index (χ0n) is 15.2. The van der Waals surface area contributed by atoms with Crippen LogP contribution in [0.1, 0.15) is 24.8 Å². The minimum atomic E-state index is -0.861. The smallest absolute Gasteiger partial charge is 0.240 e. The van der Waals surface area contributed by atoms with Gasteiger partial charge in [0.05, 0.1) is 5.54 Å². The fourth-order valence-electron chi connectivity index (χ4n) is 3.16. The van der Waals surface area contributed by atoms with Gasteiger partial charge in [-0.1, -0.05) is 29.8 Å². The van der Waals surface area contributed by atoms with E-state index in [1.807, 2.05) is 36.5 Å². The first-order valence-electron chi connectivity index (χ1n) is 9.07. The summed E-state index contributed by atoms with van der Waals surface area (Å²) in [5, 5.41) is 6.66. The number of carbonyl (C=O) groups excluding carboxylic acids is 1. The van der Waals surface area contributed by atoms with Gasteiger partial charge in [0.15, 0.2) is 0 Å². The Morgan fingerprint density at radius 3 is 2.96 bits per heavy atom. The number of rotatable bonds is 3. The molecular formula is C19H25ClN6O. The minimum absolute atomic E-state index is 0.121. The zero-order valence-corrected chi connectivity index (χ0v) is 16.0. The second-order valence-electron chi connectivity index (χ2n) is 6.77. The van der Waals surface area contributed by atoms with E-state index in [2.05, 4.69) is 25.5 Å². The average molecular weight is 389 g/mol. The summed E-state index contributed by atoms with van der Waals surface area (Å²) in [7, 11) is 0. The number of nitrogens with one attached hydrogen (secondary N) is 2. The number of hydrogen-bond donors (Lipinski definition) is 3. The van der Waals surface area contributed by atoms with Gasteiger partial charge in [0, 0.05) is 31.1 Å². The highest BCUT2D eigenvalue weighted by atomic mass is 35.5. The number of amidine groups is 1. The lowest BCUT2D eigenvalue weighted by Crippen LogP contribution is -2.60. The quantitative estimate of drug-likeness (QED) is 0.733. The molecule has 1 amide bonds. The SMILES string of the molecule is NC1(C(=O)NCc2cccc(Cl)c2)CCN(/C2=N/C=N\CN/C=C\C2)CC1. The summed E-state index contributed by atoms with van der Waals surface area (Å²) < 4.78 is 0. The number of nitrogens with two attached hydrogens (primary N) is 1. The van der Waals surface area contributed by atoms with Crippen molar-refractivity contribution in [2.45, 2.75) is 31.3 Å². The monoisotopic (exact) mass is 388 g/mol. The first-order chi connectivity index (χ1) is 13.1. The maximum atomic E-state index is 12.6. The highest BCUT2D eigenvalue weighted by Gasteiger charge is 2.38. The molecule has 0 radical (unpaired) electrons. The van der Waals surface area contributed by atoms with Gasteiger partial charge < -0.3 is 21.3 Å². The van der Waals surface area contributed by atoms with Crippen LogP contribution in [-0.2, 0) is 11.3 Å². The van der Waals surface area contributed by atoms with Crippen LogP contribution in [0.3, 0.4) is 0 Å². The molecule has 0 saturated carbocycles. The molecule has 0 bridgehead atoms. The molecule has 2 heterocycles. The van der Waals surface area contributed by atoms with Gasteiger partial charge in [-0.15, -0.1) is 0 Å². The Labute approximate surface area is 164 Å². The summed E-state index contributed by atoms with van der Waals surface area (Å²) >= 11 is 5.99. The van der Waals surface area contributed by atoms with Crippen LogP contribution in [0.25, 0.3) is 0 Å². The molecule has 1 saturated heterocycles. The van der Waals surface area contributed by atoms with E-state index < -0.39 is 5.54 Å². The number of benzene rings is 1. The number of nitrogens with zero attached hydrogens (tertiary/aromatic N) is 3. The lowest BCUT2D eigenvalue weighted by Gasteiger charge is -2.39. The lowest BCUT2D eigenvalue weighted by molar-refractivity contribution is -0.127. The molecule has 2 aliphatic heterocycles. The van der Waals surface area contributed by atoms with Gasteiger partial charge in [-0.05, 0) is 36.7 Å². The molecule has 1 fully saturated rings. The van der Waals surface area contributed by atoms with Gasteiger partial charge >= 0.3 is 0 Å². The maximum Gasteiger partial charge on any atom is 0.240 e. The molecule has 0 atom stereocenters. The van der Waals surface area contributed by atoms with E-state index in [0.29, 0.717) is 44.2 Å². The van der Waals surface area contributed by atoms with Gasteiger partial charge in [0.1, 0.15) is 18.8 Å². The fraction of sp³-hybridized carbons (Fsp3) is 0.421. The molecule has 0 aliphatic carbocycles. The van der Waals surface area contributed by atoms with E-state index in [-0.39, 0.29) is 5.91 Å². The first kappa shape index (κ1) is 19.4. The van der Waals surface area contributed by atoms with Crippen LogP contribution >= 0.6 is 11.6 Å². The molecule has 0 aromatic heterocycles. The van der Waals surface area contributed by atoms with Crippen LogP contribution in [-0.4, -0.2) is 48.3 Å². The van der Waals surface area contributed by atoms with Crippen LogP contribution in [0.2, 0.25) is 5.02 Å². The number of carbonyl (C=O) groups is 1. The Morgan fingerprint density at radius 2 is 2.19 bits per heavy atom. The molecule has 0 unspecified atom stereocenters. The molecule has 4 N–H and O–H groups in total. The van der Waals surface area contributed by atoms with Crippen molar-refractivity contribution in [3.8, 4) is 0 Å². The molecule has 1 aromatic rings. The van der Waals surface area contributed by atoms with E-state index >= 15 is 0 Å². The number of piperidine rings is 1. The second kappa shape index (κ2) is 9.01. The van der Waals surface area contributed by atoms with Crippen molar-refractivity contribution in [3.05, 3.63) is 47.1 Å². The highest BCUT2D eigenvalue weighted by Crippen LogP contribution is 2.21. The Hall–Kier alpha value is -2.38. The Balaban J connectivity index is 1.55. The van der Waals surface area contributed by atoms with Crippen LogP contribution in [0.5, 0.6) is 0 Å². The summed E-state index contributed by atoms with van der Waals surface area (Å²) in [6.45, 7) is 2.32. The third-order valence-corrected chi connectivity index (χ3v) is 5.06. The second-order valence-corrected chi connectivity index (χ2v) is 7.20. The van der Waals surface area contributed by atoms with Crippen LogP contribution in [0.4, 0.5) is 0 Å². The van der Waals surface area contributed by atoms with Crippen molar-refractivity contribution in [2.75, 3.05) is 19.8 Å². The van der Waals surface area contributed by atoms with E-state index in [0.717, 1.165) is 17.8 Å². The van der Waals surface area contributed by atoms with Crippen LogP contribution < -0.4 is 16.4 Å². The number of halogens is 1. The van der Waals surface area contributed by atoms with Crippen molar-refractivity contribution >= 4 is 29.7 Å². The van der Waals surface area contributed by atoms with Crippen molar-refractivity contribution < 1.29 is 4.79 Å². The zero-order chi connectivity index (χ0) is 19.1. The van der Waals surface area contributed by atoms with Crippen LogP contribution in [0.15, 0.2) is 46.5 Å². The summed E-state index contributed by atoms with van der Waals surface area (Å²) in [5.74, 6) is 0.823. The number of hydrogen-bond acceptors (Lipinski definition) is 6. The van der Waals surface area contributed by atoms with E-state index in [1.54, 1.807) is 6.34 Å². The number of amides is 1. The molecule has 0 spiro atoms. The Bertz CT molecular complexity index is 752. The van der Waals surface area contributed by atoms with Crippen molar-refractivity contribution in [2.24, 2.45) is 15.7 Å². The van der Waals surface area contributed by atoms with Gasteiger partial charge in [-0.25, -0.2) is 4.99 Å². The average Bonchev–Trinajstić information content (AvgIpc) is 2.81. The summed E-state index contributed by atoms with van der Waals surface area (Å²) in [6, 6.07) is 7.44. The molecule has 1 aromatic carbocycles. The topological polar surface area (TPSA) is 95.1 Å². The predicted octanol–water partition coefficient (Wildman–Crippen LogP) is 1.64. The molecule has 8 heteroatoms. The maximum absolute atomic E-state index is 12.6. The summed E-state index contributed by atoms with van der Waals surface area (Å²) in [6.07, 6.45) is 7.36. The van der Waals surface area contributed by atoms with Crippen molar-refractivity contribution in [1.29, 1.82) is 0 Å². The summed E-state index contributed by atoms with van der Waals surface area (Å²) in [4.78, 5) is 23.4. The normalized spacial score (nSPS) is 23.6. The lowest BCUT2D eigenvalue weighted by atomic mass is 9.87. The first-order valence-corrected chi connectivity index (χ1v) is 9.44. The van der Waals surface area contributed by atoms with Crippen LogP contribution in [0, 0.1) is 0 Å². The van der Waals surface area contributed by atoms with Gasteiger partial charge in [0.25, 0.3) is 0 Å². The summed E-state index contributed by atoms with van der Waals surface area (Å²) in [5.41, 5.74) is 6.51. The third-order valence-electron chi connectivity index (χ3n) is 4.82. The Morgan fingerprint density at radius 1 is 1.37 bits per heavy atom. The molecule has 2 aliphatic rings. The largest absolute Gasteiger partial charge is 0.373 e. The van der Waals surface area contributed by atoms with Gasteiger partial charge in [0.2, 0.25) is 5.91 Å². The number of aliphatic imine (C=N–C) groups is 2. The molecule has 27 heavy (non-hydrogen) atoms. The highest BCUT2D eigenvalue weighted by molar-refractivity contribution is 6.30. The third kappa shape index (κ3) is 5.30. The van der Waals surface area contributed by atoms with E-state index in [4.69, 9.17) is 17.3 Å². The predicted molar refractivity (Wildman–Crippen MR) is 109 cm³/mol. The number of likely N-dealkylation sites (tertiary alicyclic amines) is 1. The minimum Gasteiger partial charge on any atom is -0.373 e. The van der Waals surface area contributed by atoms with E-state index in [9.17, 15) is 4.79 Å².